The van der Waals surface area contributed by atoms with E-state index in [0.717, 1.165) is 22.7 Å². The Morgan fingerprint density at radius 1 is 1.17 bits per heavy atom. The molecule has 0 unspecified atom stereocenters. The van der Waals surface area contributed by atoms with Crippen LogP contribution >= 0.6 is 0 Å². The van der Waals surface area contributed by atoms with Crippen molar-refractivity contribution in [2.24, 2.45) is 0 Å². The van der Waals surface area contributed by atoms with E-state index < -0.39 is 36.2 Å². The monoisotopic (exact) mass is 497 g/mol. The zero-order valence-corrected chi connectivity index (χ0v) is 18.5. The summed E-state index contributed by atoms with van der Waals surface area (Å²) < 4.78 is 59.7. The molecule has 2 aliphatic rings. The van der Waals surface area contributed by atoms with Crippen molar-refractivity contribution < 1.29 is 36.7 Å². The Morgan fingerprint density at radius 3 is 2.63 bits per heavy atom. The summed E-state index contributed by atoms with van der Waals surface area (Å²) in [7, 11) is 0. The van der Waals surface area contributed by atoms with Gasteiger partial charge in [0.05, 0.1) is 37.6 Å². The quantitative estimate of drug-likeness (QED) is 0.588. The van der Waals surface area contributed by atoms with E-state index in [0.29, 0.717) is 13.1 Å². The van der Waals surface area contributed by atoms with Gasteiger partial charge in [-0.3, -0.25) is 19.5 Å². The summed E-state index contributed by atoms with van der Waals surface area (Å²) >= 11 is 0. The summed E-state index contributed by atoms with van der Waals surface area (Å²) in [6.07, 6.45) is -3.38. The maximum absolute atomic E-state index is 15.0. The van der Waals surface area contributed by atoms with Gasteiger partial charge in [-0.25, -0.2) is 13.6 Å². The van der Waals surface area contributed by atoms with E-state index in [1.165, 1.54) is 4.90 Å². The van der Waals surface area contributed by atoms with Crippen LogP contribution in [0.4, 0.5) is 33.7 Å². The minimum absolute atomic E-state index is 0.0840. The van der Waals surface area contributed by atoms with Gasteiger partial charge in [-0.1, -0.05) is 6.07 Å². The highest BCUT2D eigenvalue weighted by atomic mass is 19.3. The summed E-state index contributed by atoms with van der Waals surface area (Å²) in [6, 6.07) is 7.53. The molecule has 2 aromatic rings. The molecule has 0 saturated carbocycles. The molecule has 35 heavy (non-hydrogen) atoms. The summed E-state index contributed by atoms with van der Waals surface area (Å²) in [5, 5.41) is 3.63. The second-order valence-corrected chi connectivity index (χ2v) is 7.93. The molecule has 0 aliphatic carbocycles. The van der Waals surface area contributed by atoms with Crippen molar-refractivity contribution in [3.63, 3.8) is 0 Å². The van der Waals surface area contributed by atoms with Crippen molar-refractivity contribution in [3.8, 4) is 0 Å². The normalized spacial score (nSPS) is 19.1. The summed E-state index contributed by atoms with van der Waals surface area (Å²) in [5.74, 6) is -3.25. The van der Waals surface area contributed by atoms with Crippen molar-refractivity contribution >= 4 is 23.4 Å². The Morgan fingerprint density at radius 2 is 1.94 bits per heavy atom. The van der Waals surface area contributed by atoms with Gasteiger partial charge in [-0.2, -0.15) is 13.8 Å². The van der Waals surface area contributed by atoms with Crippen molar-refractivity contribution in [2.75, 3.05) is 49.1 Å². The van der Waals surface area contributed by atoms with Crippen molar-refractivity contribution in [2.45, 2.75) is 19.1 Å². The molecule has 1 aromatic carbocycles. The molecular formula is C22H23F4N5O4. The lowest BCUT2D eigenvalue weighted by molar-refractivity contribution is -0.155. The number of nitrogens with zero attached hydrogens (tertiary/aromatic N) is 4. The Bertz CT molecular complexity index is 1040. The molecule has 13 heteroatoms. The molecular weight excluding hydrogens is 474 g/mol. The number of cyclic esters (lactones) is 1. The van der Waals surface area contributed by atoms with Crippen molar-refractivity contribution in [1.82, 2.24) is 15.4 Å². The highest BCUT2D eigenvalue weighted by molar-refractivity contribution is 5.90. The van der Waals surface area contributed by atoms with Gasteiger partial charge in [0.15, 0.2) is 11.6 Å². The number of hydrogen-bond donors (Lipinski definition) is 1. The minimum atomic E-state index is -3.20. The van der Waals surface area contributed by atoms with E-state index in [1.54, 1.807) is 17.3 Å². The van der Waals surface area contributed by atoms with Gasteiger partial charge < -0.3 is 15.0 Å². The number of halogens is 4. The van der Waals surface area contributed by atoms with Gasteiger partial charge >= 0.3 is 12.5 Å². The third-order valence-corrected chi connectivity index (χ3v) is 5.52. The molecule has 2 amide bonds. The third-order valence-electron chi connectivity index (χ3n) is 5.52. The number of nitrogens with one attached hydrogen (secondary N) is 1. The molecule has 4 rings (SSSR count). The number of aromatic nitrogens is 1. The number of pyridine rings is 1. The molecule has 188 valence electrons. The van der Waals surface area contributed by atoms with E-state index in [-0.39, 0.29) is 44.2 Å². The highest BCUT2D eigenvalue weighted by Crippen LogP contribution is 2.31. The number of carbonyl (C=O) groups is 2. The number of rotatable bonds is 7. The van der Waals surface area contributed by atoms with Crippen LogP contribution in [0.25, 0.3) is 0 Å². The average Bonchev–Trinajstić information content (AvgIpc) is 3.05. The second kappa shape index (κ2) is 10.9. The average molecular weight is 497 g/mol. The fraction of sp³-hybridized carbons (Fsp3) is 0.409. The topological polar surface area (TPSA) is 87.2 Å². The number of anilines is 2. The Balaban J connectivity index is 1.40. The molecule has 3 heterocycles. The van der Waals surface area contributed by atoms with Crippen molar-refractivity contribution in [3.05, 3.63) is 53.9 Å². The first-order valence-corrected chi connectivity index (χ1v) is 10.9. The van der Waals surface area contributed by atoms with Crippen LogP contribution in [0.3, 0.4) is 0 Å². The number of alkyl halides is 2. The number of amides is 2. The maximum atomic E-state index is 15.0. The van der Waals surface area contributed by atoms with Crippen LogP contribution in [0, 0.1) is 11.6 Å². The van der Waals surface area contributed by atoms with Crippen LogP contribution in [0.1, 0.15) is 5.69 Å². The molecule has 1 aromatic heterocycles. The van der Waals surface area contributed by atoms with Crippen LogP contribution in [-0.4, -0.2) is 73.9 Å². The molecule has 0 bridgehead atoms. The zero-order chi connectivity index (χ0) is 24.9. The van der Waals surface area contributed by atoms with Gasteiger partial charge in [-0.15, -0.1) is 0 Å². The van der Waals surface area contributed by atoms with Gasteiger partial charge in [0.25, 0.3) is 5.91 Å². The standard InChI is InChI=1S/C22H23F4N5O4/c23-17-9-15(31-13-16(35-22(31)33)11-28-21(32)20(25)26)10-18(24)19(17)29-5-6-30(34-8-7-29)12-14-3-1-2-4-27-14/h1-4,9-10,16,20H,5-8,11-13H2,(H,28,32)/t16-/m0/s1. The lowest BCUT2D eigenvalue weighted by atomic mass is 10.2. The third kappa shape index (κ3) is 5.98. The maximum Gasteiger partial charge on any atom is 0.414 e. The van der Waals surface area contributed by atoms with Crippen LogP contribution in [0.5, 0.6) is 0 Å². The van der Waals surface area contributed by atoms with Gasteiger partial charge in [0.2, 0.25) is 0 Å². The molecule has 2 aliphatic heterocycles. The predicted octanol–water partition coefficient (Wildman–Crippen LogP) is 2.32. The first kappa shape index (κ1) is 24.7. The van der Waals surface area contributed by atoms with E-state index in [4.69, 9.17) is 9.57 Å². The number of ether oxygens (including phenoxy) is 1. The zero-order valence-electron chi connectivity index (χ0n) is 18.5. The molecule has 0 spiro atoms. The molecule has 1 atom stereocenters. The SMILES string of the molecule is O=C(NC[C@H]1CN(c2cc(F)c(N3CCON(Cc4ccccn4)CC3)c(F)c2)C(=O)O1)C(F)F. The molecule has 1 N–H and O–H groups in total. The molecule has 9 nitrogen and oxygen atoms in total. The lowest BCUT2D eigenvalue weighted by Gasteiger charge is -2.24. The Labute approximate surface area is 198 Å². The fourth-order valence-corrected chi connectivity index (χ4v) is 3.85. The van der Waals surface area contributed by atoms with E-state index in [1.807, 2.05) is 17.4 Å². The summed E-state index contributed by atoms with van der Waals surface area (Å²) in [6.45, 7) is 1.02. The smallest absolute Gasteiger partial charge is 0.414 e. The summed E-state index contributed by atoms with van der Waals surface area (Å²) in [4.78, 5) is 35.6. The number of hydrogen-bond acceptors (Lipinski definition) is 7. The van der Waals surface area contributed by atoms with Crippen LogP contribution in [-0.2, 0) is 20.9 Å². The lowest BCUT2D eigenvalue weighted by Crippen LogP contribution is -2.37. The molecule has 2 saturated heterocycles. The molecule has 0 radical (unpaired) electrons. The fourth-order valence-electron chi connectivity index (χ4n) is 3.85. The van der Waals surface area contributed by atoms with Crippen LogP contribution in [0.2, 0.25) is 0 Å². The summed E-state index contributed by atoms with van der Waals surface area (Å²) in [5.41, 5.74) is 0.469. The van der Waals surface area contributed by atoms with Crippen LogP contribution in [0.15, 0.2) is 36.5 Å². The predicted molar refractivity (Wildman–Crippen MR) is 116 cm³/mol. The van der Waals surface area contributed by atoms with Crippen molar-refractivity contribution in [1.29, 1.82) is 0 Å². The van der Waals surface area contributed by atoms with E-state index in [2.05, 4.69) is 4.98 Å². The van der Waals surface area contributed by atoms with E-state index in [9.17, 15) is 18.4 Å². The highest BCUT2D eigenvalue weighted by Gasteiger charge is 2.34. The van der Waals surface area contributed by atoms with Crippen LogP contribution < -0.4 is 15.1 Å². The number of hydroxylamine groups is 2. The second-order valence-electron chi connectivity index (χ2n) is 7.93. The number of benzene rings is 1. The number of carbonyl (C=O) groups excluding carboxylic acids is 2. The Kier molecular flexibility index (Phi) is 7.66. The molecule has 2 fully saturated rings. The van der Waals surface area contributed by atoms with E-state index >= 15 is 8.78 Å². The first-order valence-electron chi connectivity index (χ1n) is 10.9. The van der Waals surface area contributed by atoms with Gasteiger partial charge in [-0.05, 0) is 12.1 Å². The largest absolute Gasteiger partial charge is 0.442 e. The minimum Gasteiger partial charge on any atom is -0.442 e. The van der Waals surface area contributed by atoms with Gasteiger partial charge in [0.1, 0.15) is 11.8 Å². The first-order chi connectivity index (χ1) is 16.8. The van der Waals surface area contributed by atoms with Gasteiger partial charge in [0, 0.05) is 38.0 Å². The Hall–Kier alpha value is -3.45.